The van der Waals surface area contributed by atoms with Gasteiger partial charge in [0.2, 0.25) is 11.9 Å². The van der Waals surface area contributed by atoms with Gasteiger partial charge in [-0.05, 0) is 13.3 Å². The molecule has 2 rings (SSSR count). The van der Waals surface area contributed by atoms with Crippen molar-refractivity contribution in [2.75, 3.05) is 22.5 Å². The maximum atomic E-state index is 12.4. The Labute approximate surface area is 127 Å². The number of nitrogens with zero attached hydrogens (tertiary/aromatic N) is 2. The highest BCUT2D eigenvalue weighted by molar-refractivity contribution is 5.97. The van der Waals surface area contributed by atoms with Gasteiger partial charge in [-0.1, -0.05) is 6.92 Å². The molecule has 3 atom stereocenters. The molecule has 0 bridgehead atoms. The number of nitrogen functional groups attached to an aromatic ring is 1. The summed E-state index contributed by atoms with van der Waals surface area (Å²) in [5.41, 5.74) is 4.96. The largest absolute Gasteiger partial charge is 0.391 e. The van der Waals surface area contributed by atoms with Gasteiger partial charge >= 0.3 is 0 Å². The summed E-state index contributed by atoms with van der Waals surface area (Å²) in [6, 6.07) is -0.766. The Morgan fingerprint density at radius 2 is 2.23 bits per heavy atom. The first kappa shape index (κ1) is 16.2. The molecule has 0 saturated heterocycles. The molecule has 1 aliphatic rings. The predicted molar refractivity (Wildman–Crippen MR) is 81.6 cm³/mol. The number of amides is 1. The zero-order chi connectivity index (χ0) is 16.4. The molecule has 122 valence electrons. The number of hydrogen-bond donors (Lipinski definition) is 5. The molecule has 0 aliphatic carbocycles. The van der Waals surface area contributed by atoms with Gasteiger partial charge in [-0.15, -0.1) is 0 Å². The average molecular weight is 311 g/mol. The van der Waals surface area contributed by atoms with Crippen LogP contribution >= 0.6 is 0 Å². The third-order valence-electron chi connectivity index (χ3n) is 3.59. The van der Waals surface area contributed by atoms with E-state index in [9.17, 15) is 19.8 Å². The molecule has 0 fully saturated rings. The average Bonchev–Trinajstić information content (AvgIpc) is 2.45. The van der Waals surface area contributed by atoms with Crippen molar-refractivity contribution >= 4 is 23.4 Å². The van der Waals surface area contributed by atoms with Gasteiger partial charge in [-0.2, -0.15) is 4.98 Å². The Hall–Kier alpha value is -2.13. The summed E-state index contributed by atoms with van der Waals surface area (Å²) in [5.74, 6) is -0.180. The first-order chi connectivity index (χ1) is 10.4. The van der Waals surface area contributed by atoms with Crippen LogP contribution < -0.4 is 21.5 Å². The number of rotatable bonds is 4. The summed E-state index contributed by atoms with van der Waals surface area (Å²) in [6.45, 7) is 3.42. The van der Waals surface area contributed by atoms with Crippen LogP contribution in [-0.2, 0) is 4.79 Å². The van der Waals surface area contributed by atoms with Gasteiger partial charge in [0.05, 0.1) is 12.1 Å². The van der Waals surface area contributed by atoms with Gasteiger partial charge < -0.3 is 21.3 Å². The SMILES string of the molecule is CCCC(=O)N1c2c(nc(N)[nH]c2=O)NC[C@@H]1[C@@H](O)[C@H](C)O. The van der Waals surface area contributed by atoms with Crippen molar-refractivity contribution < 1.29 is 15.0 Å². The highest BCUT2D eigenvalue weighted by Gasteiger charge is 2.39. The van der Waals surface area contributed by atoms with Gasteiger partial charge in [0.15, 0.2) is 11.5 Å². The molecule has 1 aliphatic heterocycles. The lowest BCUT2D eigenvalue weighted by Gasteiger charge is -2.39. The lowest BCUT2D eigenvalue weighted by molar-refractivity contribution is -0.120. The van der Waals surface area contributed by atoms with Crippen molar-refractivity contribution in [1.82, 2.24) is 9.97 Å². The van der Waals surface area contributed by atoms with Gasteiger partial charge in [-0.3, -0.25) is 19.5 Å². The summed E-state index contributed by atoms with van der Waals surface area (Å²) < 4.78 is 0. The molecular weight excluding hydrogens is 290 g/mol. The minimum atomic E-state index is -1.20. The van der Waals surface area contributed by atoms with Crippen LogP contribution in [0, 0.1) is 0 Å². The van der Waals surface area contributed by atoms with Gasteiger partial charge in [0.1, 0.15) is 6.10 Å². The van der Waals surface area contributed by atoms with Crippen molar-refractivity contribution in [2.24, 2.45) is 0 Å². The summed E-state index contributed by atoms with van der Waals surface area (Å²) >= 11 is 0. The number of hydrogen-bond acceptors (Lipinski definition) is 7. The fourth-order valence-electron chi connectivity index (χ4n) is 2.53. The number of nitrogens with two attached hydrogens (primary N) is 1. The highest BCUT2D eigenvalue weighted by Crippen LogP contribution is 2.29. The second-order valence-electron chi connectivity index (χ2n) is 5.34. The van der Waals surface area contributed by atoms with Crippen LogP contribution in [0.5, 0.6) is 0 Å². The normalized spacial score (nSPS) is 20.0. The molecule has 9 heteroatoms. The number of aliphatic hydroxyl groups excluding tert-OH is 2. The molecule has 0 radical (unpaired) electrons. The number of aliphatic hydroxyl groups is 2. The maximum absolute atomic E-state index is 12.4. The molecule has 6 N–H and O–H groups in total. The Morgan fingerprint density at radius 1 is 1.55 bits per heavy atom. The summed E-state index contributed by atoms with van der Waals surface area (Å²) in [6.07, 6.45) is -1.44. The van der Waals surface area contributed by atoms with E-state index in [0.717, 1.165) is 0 Å². The summed E-state index contributed by atoms with van der Waals surface area (Å²) in [5, 5.41) is 22.7. The molecule has 1 aromatic rings. The van der Waals surface area contributed by atoms with Crippen LogP contribution in [0.3, 0.4) is 0 Å². The number of aromatic amines is 1. The number of nitrogens with one attached hydrogen (secondary N) is 2. The molecule has 0 saturated carbocycles. The van der Waals surface area contributed by atoms with Crippen LogP contribution in [0.2, 0.25) is 0 Å². The topological polar surface area (TPSA) is 145 Å². The Kier molecular flexibility index (Phi) is 4.67. The molecule has 22 heavy (non-hydrogen) atoms. The molecule has 1 aromatic heterocycles. The number of anilines is 3. The van der Waals surface area contributed by atoms with E-state index in [1.165, 1.54) is 11.8 Å². The number of H-pyrrole nitrogens is 1. The van der Waals surface area contributed by atoms with Gasteiger partial charge in [0.25, 0.3) is 5.56 Å². The molecule has 1 amide bonds. The second kappa shape index (κ2) is 6.32. The smallest absolute Gasteiger partial charge is 0.278 e. The van der Waals surface area contributed by atoms with Crippen molar-refractivity contribution in [1.29, 1.82) is 0 Å². The number of carbonyl (C=O) groups is 1. The maximum Gasteiger partial charge on any atom is 0.278 e. The van der Waals surface area contributed by atoms with Gasteiger partial charge in [-0.25, -0.2) is 0 Å². The van der Waals surface area contributed by atoms with E-state index in [1.54, 1.807) is 0 Å². The Bertz CT molecular complexity index is 615. The lowest BCUT2D eigenvalue weighted by Crippen LogP contribution is -2.58. The van der Waals surface area contributed by atoms with Crippen molar-refractivity contribution in [2.45, 2.75) is 44.9 Å². The first-order valence-corrected chi connectivity index (χ1v) is 7.18. The number of carbonyl (C=O) groups excluding carboxylic acids is 1. The van der Waals surface area contributed by atoms with E-state index in [-0.39, 0.29) is 36.3 Å². The van der Waals surface area contributed by atoms with Crippen molar-refractivity contribution in [3.05, 3.63) is 10.4 Å². The summed E-state index contributed by atoms with van der Waals surface area (Å²) in [7, 11) is 0. The monoisotopic (exact) mass is 311 g/mol. The van der Waals surface area contributed by atoms with Crippen LogP contribution in [0.4, 0.5) is 17.5 Å². The fourth-order valence-corrected chi connectivity index (χ4v) is 2.53. The Morgan fingerprint density at radius 3 is 2.82 bits per heavy atom. The van der Waals surface area contributed by atoms with Crippen LogP contribution in [0.25, 0.3) is 0 Å². The van der Waals surface area contributed by atoms with Crippen LogP contribution in [-0.4, -0.2) is 50.9 Å². The molecule has 0 unspecified atom stereocenters. The quantitative estimate of drug-likeness (QED) is 0.480. The van der Waals surface area contributed by atoms with E-state index in [0.29, 0.717) is 6.42 Å². The second-order valence-corrected chi connectivity index (χ2v) is 5.34. The Balaban J connectivity index is 2.52. The van der Waals surface area contributed by atoms with E-state index in [2.05, 4.69) is 15.3 Å². The van der Waals surface area contributed by atoms with Crippen molar-refractivity contribution in [3.8, 4) is 0 Å². The molecule has 2 heterocycles. The minimum absolute atomic E-state index is 0.0172. The third kappa shape index (κ3) is 2.90. The molecule has 0 aromatic carbocycles. The van der Waals surface area contributed by atoms with Crippen molar-refractivity contribution in [3.63, 3.8) is 0 Å². The fraction of sp³-hybridized carbons (Fsp3) is 0.615. The first-order valence-electron chi connectivity index (χ1n) is 7.18. The molecule has 0 spiro atoms. The van der Waals surface area contributed by atoms with Crippen LogP contribution in [0.1, 0.15) is 26.7 Å². The predicted octanol–water partition coefficient (Wildman–Crippen LogP) is -0.979. The molecule has 9 nitrogen and oxygen atoms in total. The standard InChI is InChI=1S/C13H21N5O4/c1-3-4-8(20)18-7(10(21)6(2)19)5-15-11-9(18)12(22)17-13(14)16-11/h6-7,10,19,21H,3-5H2,1-2H3,(H4,14,15,16,17,22)/t6-,7+,10-/m0/s1. The third-order valence-corrected chi connectivity index (χ3v) is 3.59. The zero-order valence-corrected chi connectivity index (χ0v) is 12.5. The van der Waals surface area contributed by atoms with E-state index in [4.69, 9.17) is 5.73 Å². The van der Waals surface area contributed by atoms with Gasteiger partial charge in [0, 0.05) is 13.0 Å². The lowest BCUT2D eigenvalue weighted by atomic mass is 10.0. The molecular formula is C13H21N5O4. The number of fused-ring (bicyclic) bond motifs is 1. The number of aromatic nitrogens is 2. The van der Waals surface area contributed by atoms with E-state index >= 15 is 0 Å². The zero-order valence-electron chi connectivity index (χ0n) is 12.5. The highest BCUT2D eigenvalue weighted by atomic mass is 16.3. The van der Waals surface area contributed by atoms with E-state index < -0.39 is 23.8 Å². The minimum Gasteiger partial charge on any atom is -0.391 e. The summed E-state index contributed by atoms with van der Waals surface area (Å²) in [4.78, 5) is 32.2. The van der Waals surface area contributed by atoms with Crippen LogP contribution in [0.15, 0.2) is 4.79 Å². The van der Waals surface area contributed by atoms with E-state index in [1.807, 2.05) is 6.92 Å².